The summed E-state index contributed by atoms with van der Waals surface area (Å²) in [6.07, 6.45) is 1.96. The lowest BCUT2D eigenvalue weighted by atomic mass is 10.1. The van der Waals surface area contributed by atoms with Gasteiger partial charge >= 0.3 is 0 Å². The van der Waals surface area contributed by atoms with Gasteiger partial charge in [-0.3, -0.25) is 4.90 Å². The van der Waals surface area contributed by atoms with E-state index in [4.69, 9.17) is 0 Å². The standard InChI is InChI=1S/C16H22N4.ClH/c1-12-10-20(13(2)8-17-12)11-15-9-18-16(19-15)14-6-4-3-5-7-14;/h3-7,9,12-13,17H,8,10-11H2,1-2H3,(H,18,19);1H. The minimum absolute atomic E-state index is 0. The molecule has 2 aromatic rings. The second-order valence-electron chi connectivity index (χ2n) is 5.71. The van der Waals surface area contributed by atoms with E-state index in [1.807, 2.05) is 24.4 Å². The van der Waals surface area contributed by atoms with Crippen molar-refractivity contribution in [1.82, 2.24) is 20.2 Å². The summed E-state index contributed by atoms with van der Waals surface area (Å²) in [6, 6.07) is 11.4. The van der Waals surface area contributed by atoms with Crippen molar-refractivity contribution in [3.63, 3.8) is 0 Å². The van der Waals surface area contributed by atoms with Crippen LogP contribution in [0.5, 0.6) is 0 Å². The molecule has 1 aliphatic heterocycles. The molecule has 0 radical (unpaired) electrons. The maximum absolute atomic E-state index is 4.50. The van der Waals surface area contributed by atoms with Gasteiger partial charge in [-0.05, 0) is 13.8 Å². The number of H-pyrrole nitrogens is 1. The van der Waals surface area contributed by atoms with Gasteiger partial charge in [0.1, 0.15) is 5.82 Å². The molecule has 5 heteroatoms. The third kappa shape index (κ3) is 3.84. The topological polar surface area (TPSA) is 44.0 Å². The molecule has 0 saturated carbocycles. The predicted molar refractivity (Wildman–Crippen MR) is 88.6 cm³/mol. The van der Waals surface area contributed by atoms with Crippen LogP contribution in [0.15, 0.2) is 36.5 Å². The fraction of sp³-hybridized carbons (Fsp3) is 0.438. The average Bonchev–Trinajstić information content (AvgIpc) is 2.92. The highest BCUT2D eigenvalue weighted by molar-refractivity contribution is 5.85. The number of benzene rings is 1. The minimum atomic E-state index is 0. The molecule has 2 atom stereocenters. The zero-order chi connectivity index (χ0) is 13.9. The molecule has 21 heavy (non-hydrogen) atoms. The first kappa shape index (κ1) is 16.0. The molecule has 114 valence electrons. The van der Waals surface area contributed by atoms with Crippen LogP contribution in [-0.2, 0) is 6.54 Å². The van der Waals surface area contributed by atoms with Gasteiger partial charge in [0.05, 0.1) is 0 Å². The molecular formula is C16H23ClN4. The highest BCUT2D eigenvalue weighted by Gasteiger charge is 2.22. The Balaban J connectivity index is 0.00000161. The lowest BCUT2D eigenvalue weighted by molar-refractivity contribution is 0.137. The first-order valence-corrected chi connectivity index (χ1v) is 7.29. The molecule has 1 aromatic heterocycles. The summed E-state index contributed by atoms with van der Waals surface area (Å²) in [5.41, 5.74) is 2.32. The minimum Gasteiger partial charge on any atom is -0.341 e. The second-order valence-corrected chi connectivity index (χ2v) is 5.71. The molecule has 3 rings (SSSR count). The number of nitrogens with one attached hydrogen (secondary N) is 2. The average molecular weight is 307 g/mol. The van der Waals surface area contributed by atoms with Crippen LogP contribution in [0.1, 0.15) is 19.5 Å². The Labute approximate surface area is 132 Å². The van der Waals surface area contributed by atoms with Gasteiger partial charge in [0.15, 0.2) is 0 Å². The molecule has 2 heterocycles. The maximum atomic E-state index is 4.50. The summed E-state index contributed by atoms with van der Waals surface area (Å²) >= 11 is 0. The first-order chi connectivity index (χ1) is 9.72. The Hall–Kier alpha value is -1.36. The van der Waals surface area contributed by atoms with E-state index in [0.29, 0.717) is 12.1 Å². The summed E-state index contributed by atoms with van der Waals surface area (Å²) in [5.74, 6) is 0.955. The van der Waals surface area contributed by atoms with Gasteiger partial charge in [-0.15, -0.1) is 12.4 Å². The summed E-state index contributed by atoms with van der Waals surface area (Å²) < 4.78 is 0. The molecule has 1 aromatic carbocycles. The van der Waals surface area contributed by atoms with Gasteiger partial charge in [-0.1, -0.05) is 30.3 Å². The molecule has 0 amide bonds. The van der Waals surface area contributed by atoms with Crippen molar-refractivity contribution < 1.29 is 0 Å². The number of piperazine rings is 1. The number of nitrogens with zero attached hydrogens (tertiary/aromatic N) is 2. The van der Waals surface area contributed by atoms with Crippen molar-refractivity contribution >= 4 is 12.4 Å². The fourth-order valence-electron chi connectivity index (χ4n) is 2.72. The predicted octanol–water partition coefficient (Wildman–Crippen LogP) is 2.68. The van der Waals surface area contributed by atoms with Gasteiger partial charge in [0.2, 0.25) is 0 Å². The van der Waals surface area contributed by atoms with Crippen molar-refractivity contribution in [2.75, 3.05) is 13.1 Å². The summed E-state index contributed by atoms with van der Waals surface area (Å²) in [6.45, 7) is 7.59. The maximum Gasteiger partial charge on any atom is 0.137 e. The molecule has 1 aliphatic rings. The third-order valence-corrected chi connectivity index (χ3v) is 3.94. The van der Waals surface area contributed by atoms with Gasteiger partial charge in [-0.2, -0.15) is 0 Å². The van der Waals surface area contributed by atoms with Crippen LogP contribution in [0.2, 0.25) is 0 Å². The van der Waals surface area contributed by atoms with E-state index in [2.05, 4.69) is 46.2 Å². The van der Waals surface area contributed by atoms with E-state index < -0.39 is 0 Å². The number of aromatic amines is 1. The van der Waals surface area contributed by atoms with E-state index in [0.717, 1.165) is 31.0 Å². The zero-order valence-electron chi connectivity index (χ0n) is 12.5. The smallest absolute Gasteiger partial charge is 0.137 e. The Bertz CT molecular complexity index is 554. The number of halogens is 1. The van der Waals surface area contributed by atoms with Crippen LogP contribution in [-0.4, -0.2) is 40.0 Å². The lowest BCUT2D eigenvalue weighted by Crippen LogP contribution is -2.53. The Morgan fingerprint density at radius 2 is 2.00 bits per heavy atom. The van der Waals surface area contributed by atoms with E-state index in [1.54, 1.807) is 0 Å². The summed E-state index contributed by atoms with van der Waals surface area (Å²) in [5, 5.41) is 3.51. The molecule has 2 N–H and O–H groups in total. The van der Waals surface area contributed by atoms with Gasteiger partial charge in [0, 0.05) is 49.2 Å². The number of hydrogen-bond donors (Lipinski definition) is 2. The largest absolute Gasteiger partial charge is 0.341 e. The van der Waals surface area contributed by atoms with Crippen LogP contribution in [0.4, 0.5) is 0 Å². The number of imidazole rings is 1. The molecule has 0 bridgehead atoms. The van der Waals surface area contributed by atoms with Gasteiger partial charge < -0.3 is 10.3 Å². The Morgan fingerprint density at radius 3 is 2.76 bits per heavy atom. The van der Waals surface area contributed by atoms with Crippen molar-refractivity contribution in [3.05, 3.63) is 42.2 Å². The van der Waals surface area contributed by atoms with Crippen molar-refractivity contribution in [1.29, 1.82) is 0 Å². The van der Waals surface area contributed by atoms with Gasteiger partial charge in [-0.25, -0.2) is 4.98 Å². The van der Waals surface area contributed by atoms with Crippen LogP contribution >= 0.6 is 12.4 Å². The zero-order valence-corrected chi connectivity index (χ0v) is 13.4. The SMILES string of the molecule is CC1CN(Cc2cnc(-c3ccccc3)[nH]2)C(C)CN1.Cl. The number of aromatic nitrogens is 2. The van der Waals surface area contributed by atoms with Crippen molar-refractivity contribution in [2.24, 2.45) is 0 Å². The molecule has 4 nitrogen and oxygen atoms in total. The molecule has 2 unspecified atom stereocenters. The highest BCUT2D eigenvalue weighted by Crippen LogP contribution is 2.17. The summed E-state index contributed by atoms with van der Waals surface area (Å²) in [4.78, 5) is 10.4. The molecule has 0 aliphatic carbocycles. The highest BCUT2D eigenvalue weighted by atomic mass is 35.5. The number of hydrogen-bond acceptors (Lipinski definition) is 3. The quantitative estimate of drug-likeness (QED) is 0.916. The van der Waals surface area contributed by atoms with Gasteiger partial charge in [0.25, 0.3) is 0 Å². The molecular weight excluding hydrogens is 284 g/mol. The first-order valence-electron chi connectivity index (χ1n) is 7.29. The van der Waals surface area contributed by atoms with E-state index in [9.17, 15) is 0 Å². The normalized spacial score (nSPS) is 22.8. The Kier molecular flexibility index (Phi) is 5.39. The van der Waals surface area contributed by atoms with E-state index in [1.165, 1.54) is 5.69 Å². The van der Waals surface area contributed by atoms with Crippen LogP contribution in [0.25, 0.3) is 11.4 Å². The monoisotopic (exact) mass is 306 g/mol. The second kappa shape index (κ2) is 7.07. The third-order valence-electron chi connectivity index (χ3n) is 3.94. The van der Waals surface area contributed by atoms with Crippen LogP contribution in [0, 0.1) is 0 Å². The Morgan fingerprint density at radius 1 is 1.24 bits per heavy atom. The molecule has 1 fully saturated rings. The van der Waals surface area contributed by atoms with E-state index >= 15 is 0 Å². The van der Waals surface area contributed by atoms with E-state index in [-0.39, 0.29) is 12.4 Å². The lowest BCUT2D eigenvalue weighted by Gasteiger charge is -2.37. The molecule has 1 saturated heterocycles. The summed E-state index contributed by atoms with van der Waals surface area (Å²) in [7, 11) is 0. The van der Waals surface area contributed by atoms with Crippen LogP contribution in [0.3, 0.4) is 0 Å². The van der Waals surface area contributed by atoms with Crippen molar-refractivity contribution in [2.45, 2.75) is 32.5 Å². The number of rotatable bonds is 3. The van der Waals surface area contributed by atoms with Crippen molar-refractivity contribution in [3.8, 4) is 11.4 Å². The molecule has 0 spiro atoms. The fourth-order valence-corrected chi connectivity index (χ4v) is 2.72. The van der Waals surface area contributed by atoms with Crippen LogP contribution < -0.4 is 5.32 Å².